The van der Waals surface area contributed by atoms with E-state index < -0.39 is 17.6 Å². The molecule has 2 aromatic heterocycles. The van der Waals surface area contributed by atoms with Crippen LogP contribution in [0.3, 0.4) is 0 Å². The molecule has 48 heavy (non-hydrogen) atoms. The molecule has 9 nitrogen and oxygen atoms in total. The molecule has 5 aromatic rings. The van der Waals surface area contributed by atoms with E-state index in [1.165, 1.54) is 23.7 Å². The van der Waals surface area contributed by atoms with Crippen LogP contribution in [-0.2, 0) is 19.8 Å². The average Bonchev–Trinajstić information content (AvgIpc) is 3.42. The molecule has 0 bridgehead atoms. The Hall–Kier alpha value is -5.36. The molecule has 248 valence electrons. The summed E-state index contributed by atoms with van der Waals surface area (Å²) in [5.74, 6) is 1.14. The quantitative estimate of drug-likeness (QED) is 0.187. The van der Waals surface area contributed by atoms with Crippen molar-refractivity contribution in [3.63, 3.8) is 0 Å². The molecule has 1 fully saturated rings. The van der Waals surface area contributed by atoms with Gasteiger partial charge in [0.25, 0.3) is 11.8 Å². The summed E-state index contributed by atoms with van der Waals surface area (Å²) in [6.07, 6.45) is -3.03. The van der Waals surface area contributed by atoms with E-state index in [1.807, 2.05) is 52.9 Å². The van der Waals surface area contributed by atoms with Crippen LogP contribution in [0, 0.1) is 0 Å². The van der Waals surface area contributed by atoms with E-state index in [-0.39, 0.29) is 17.4 Å². The van der Waals surface area contributed by atoms with Gasteiger partial charge in [-0.2, -0.15) is 13.2 Å². The molecule has 0 aliphatic carbocycles. The lowest BCUT2D eigenvalue weighted by atomic mass is 10.1. The zero-order chi connectivity index (χ0) is 34.0. The molecule has 0 unspecified atom stereocenters. The number of ether oxygens (including phenoxy) is 2. The molecule has 1 aliphatic rings. The third kappa shape index (κ3) is 6.98. The number of piperazine rings is 1. The van der Waals surface area contributed by atoms with Crippen LogP contribution >= 0.6 is 0 Å². The van der Waals surface area contributed by atoms with E-state index in [0.717, 1.165) is 60.6 Å². The Bertz CT molecular complexity index is 1930. The van der Waals surface area contributed by atoms with Gasteiger partial charge in [-0.1, -0.05) is 12.1 Å². The van der Waals surface area contributed by atoms with Gasteiger partial charge < -0.3 is 23.8 Å². The lowest BCUT2D eigenvalue weighted by molar-refractivity contribution is -0.137. The molecular formula is C36H34F3N5O4. The number of methoxy groups -OCH3 is 1. The summed E-state index contributed by atoms with van der Waals surface area (Å²) >= 11 is 0. The number of anilines is 1. The first-order valence-corrected chi connectivity index (χ1v) is 15.3. The van der Waals surface area contributed by atoms with Crippen molar-refractivity contribution < 1.29 is 32.2 Å². The number of alkyl halides is 3. The fourth-order valence-electron chi connectivity index (χ4n) is 5.76. The number of rotatable bonds is 8. The number of hydrogen-bond donors (Lipinski definition) is 0. The molecule has 0 saturated carbocycles. The minimum atomic E-state index is -4.48. The topological polar surface area (TPSA) is 80.1 Å². The van der Waals surface area contributed by atoms with E-state index in [9.17, 15) is 22.8 Å². The maximum Gasteiger partial charge on any atom is 0.416 e. The van der Waals surface area contributed by atoms with Gasteiger partial charge in [0.05, 0.1) is 24.6 Å². The number of halogens is 3. The Morgan fingerprint density at radius 1 is 0.896 bits per heavy atom. The molecule has 0 N–H and O–H groups in total. The Morgan fingerprint density at radius 3 is 2.31 bits per heavy atom. The smallest absolute Gasteiger partial charge is 0.416 e. The SMILES string of the molecule is COc1cccc(CN2CCN(C(=O)c3cc4cc(Oc5ccc(N(C)C(=O)c6ccc(C(F)(F)F)cc6)cn5)ccc4n3C)CC2)c1. The van der Waals surface area contributed by atoms with Gasteiger partial charge in [0.2, 0.25) is 5.88 Å². The molecule has 2 amide bonds. The highest BCUT2D eigenvalue weighted by molar-refractivity contribution is 6.05. The van der Waals surface area contributed by atoms with Crippen LogP contribution in [0.5, 0.6) is 17.4 Å². The lowest BCUT2D eigenvalue weighted by Crippen LogP contribution is -2.48. The third-order valence-electron chi connectivity index (χ3n) is 8.53. The number of pyridine rings is 1. The minimum absolute atomic E-state index is 0.0237. The number of carbonyl (C=O) groups is 2. The van der Waals surface area contributed by atoms with E-state index >= 15 is 0 Å². The predicted octanol–water partition coefficient (Wildman–Crippen LogP) is 6.63. The molecule has 6 rings (SSSR count). The third-order valence-corrected chi connectivity index (χ3v) is 8.53. The Balaban J connectivity index is 1.07. The van der Waals surface area contributed by atoms with Gasteiger partial charge in [-0.05, 0) is 72.3 Å². The highest BCUT2D eigenvalue weighted by Gasteiger charge is 2.30. The molecule has 0 atom stereocenters. The van der Waals surface area contributed by atoms with Gasteiger partial charge >= 0.3 is 6.18 Å². The molecular weight excluding hydrogens is 623 g/mol. The molecule has 0 spiro atoms. The van der Waals surface area contributed by atoms with E-state index in [0.29, 0.717) is 30.2 Å². The molecule has 1 saturated heterocycles. The Kier molecular flexibility index (Phi) is 9.09. The first-order valence-electron chi connectivity index (χ1n) is 15.3. The summed E-state index contributed by atoms with van der Waals surface area (Å²) in [6, 6.07) is 22.7. The number of amides is 2. The standard InChI is InChI=1S/C36H34F3N5O4/c1-41(34(45)25-7-9-27(10-8-25)36(37,38)39)28-11-14-33(40-22-28)48-30-12-13-31-26(20-30)21-32(42(31)2)35(46)44-17-15-43(16-18-44)23-24-5-4-6-29(19-24)47-3/h4-14,19-22H,15-18,23H2,1-3H3. The number of hydrogen-bond acceptors (Lipinski definition) is 6. The first-order chi connectivity index (χ1) is 23.0. The maximum atomic E-state index is 13.6. The van der Waals surface area contributed by atoms with Crippen LogP contribution < -0.4 is 14.4 Å². The van der Waals surface area contributed by atoms with Crippen molar-refractivity contribution in [1.82, 2.24) is 19.4 Å². The first kappa shape index (κ1) is 32.6. The zero-order valence-corrected chi connectivity index (χ0v) is 26.7. The van der Waals surface area contributed by atoms with Crippen LogP contribution in [0.15, 0.2) is 91.1 Å². The average molecular weight is 658 g/mol. The second-order valence-electron chi connectivity index (χ2n) is 11.6. The van der Waals surface area contributed by atoms with E-state index in [2.05, 4.69) is 16.0 Å². The van der Waals surface area contributed by atoms with Gasteiger partial charge in [0, 0.05) is 69.4 Å². The number of aryl methyl sites for hydroxylation is 1. The second-order valence-corrected chi connectivity index (χ2v) is 11.6. The normalized spacial score (nSPS) is 13.8. The van der Waals surface area contributed by atoms with Crippen LogP contribution in [0.2, 0.25) is 0 Å². The largest absolute Gasteiger partial charge is 0.497 e. The fraction of sp³-hybridized carbons (Fsp3) is 0.250. The van der Waals surface area contributed by atoms with Crippen molar-refractivity contribution in [1.29, 1.82) is 0 Å². The van der Waals surface area contributed by atoms with Crippen molar-refractivity contribution >= 4 is 28.4 Å². The molecule has 0 radical (unpaired) electrons. The monoisotopic (exact) mass is 657 g/mol. The number of carbonyl (C=O) groups excluding carboxylic acids is 2. The maximum absolute atomic E-state index is 13.6. The van der Waals surface area contributed by atoms with E-state index in [4.69, 9.17) is 9.47 Å². The fourth-order valence-corrected chi connectivity index (χ4v) is 5.76. The number of fused-ring (bicyclic) bond motifs is 1. The number of aromatic nitrogens is 2. The summed E-state index contributed by atoms with van der Waals surface area (Å²) in [6.45, 7) is 3.60. The van der Waals surface area contributed by atoms with E-state index in [1.54, 1.807) is 25.3 Å². The minimum Gasteiger partial charge on any atom is -0.497 e. The second kappa shape index (κ2) is 13.4. The number of nitrogens with zero attached hydrogens (tertiary/aromatic N) is 5. The van der Waals surface area contributed by atoms with Crippen LogP contribution in [0.25, 0.3) is 10.9 Å². The van der Waals surface area contributed by atoms with Crippen LogP contribution in [0.1, 0.15) is 32.0 Å². The van der Waals surface area contributed by atoms with Gasteiger partial charge in [-0.3, -0.25) is 14.5 Å². The highest BCUT2D eigenvalue weighted by atomic mass is 19.4. The van der Waals surface area contributed by atoms with Crippen LogP contribution in [-0.4, -0.2) is 71.5 Å². The highest BCUT2D eigenvalue weighted by Crippen LogP contribution is 2.31. The summed E-state index contributed by atoms with van der Waals surface area (Å²) in [5.41, 5.74) is 2.38. The lowest BCUT2D eigenvalue weighted by Gasteiger charge is -2.34. The van der Waals surface area contributed by atoms with Crippen molar-refractivity contribution in [2.45, 2.75) is 12.7 Å². The summed E-state index contributed by atoms with van der Waals surface area (Å²) < 4.78 is 51.8. The van der Waals surface area contributed by atoms with Crippen molar-refractivity contribution in [2.24, 2.45) is 7.05 Å². The summed E-state index contributed by atoms with van der Waals surface area (Å²) in [4.78, 5) is 36.2. The zero-order valence-electron chi connectivity index (χ0n) is 26.7. The Labute approximate surface area is 275 Å². The molecule has 3 aromatic carbocycles. The summed E-state index contributed by atoms with van der Waals surface area (Å²) in [5, 5.41) is 0.841. The van der Waals surface area contributed by atoms with Crippen molar-refractivity contribution in [2.75, 3.05) is 45.2 Å². The van der Waals surface area contributed by atoms with Gasteiger partial charge in [0.15, 0.2) is 0 Å². The number of benzene rings is 3. The molecule has 3 heterocycles. The van der Waals surface area contributed by atoms with Crippen molar-refractivity contribution in [3.8, 4) is 17.4 Å². The molecule has 1 aliphatic heterocycles. The van der Waals surface area contributed by atoms with Crippen LogP contribution in [0.4, 0.5) is 18.9 Å². The van der Waals surface area contributed by atoms with Crippen molar-refractivity contribution in [3.05, 3.63) is 114 Å². The molecule has 12 heteroatoms. The summed E-state index contributed by atoms with van der Waals surface area (Å²) in [7, 11) is 5.05. The van der Waals surface area contributed by atoms with Gasteiger partial charge in [0.1, 0.15) is 17.2 Å². The van der Waals surface area contributed by atoms with Gasteiger partial charge in [-0.25, -0.2) is 4.98 Å². The van der Waals surface area contributed by atoms with Gasteiger partial charge in [-0.15, -0.1) is 0 Å². The predicted molar refractivity (Wildman–Crippen MR) is 176 cm³/mol. The Morgan fingerprint density at radius 2 is 1.65 bits per heavy atom.